The first kappa shape index (κ1) is 17.4. The SMILES string of the molecule is CC1C(C(=O)O)CCN1C(=O)C1CC(=O)N(C)C1c1ccc(F)cc1. The Hall–Kier alpha value is -2.44. The molecule has 2 heterocycles. The Morgan fingerprint density at radius 2 is 1.84 bits per heavy atom. The van der Waals surface area contributed by atoms with Crippen LogP contribution in [0.1, 0.15) is 31.4 Å². The van der Waals surface area contributed by atoms with E-state index in [1.54, 1.807) is 31.0 Å². The van der Waals surface area contributed by atoms with Gasteiger partial charge in [0.1, 0.15) is 5.82 Å². The van der Waals surface area contributed by atoms with Crippen molar-refractivity contribution >= 4 is 17.8 Å². The van der Waals surface area contributed by atoms with Crippen molar-refractivity contribution in [2.45, 2.75) is 31.8 Å². The van der Waals surface area contributed by atoms with Gasteiger partial charge in [-0.15, -0.1) is 0 Å². The summed E-state index contributed by atoms with van der Waals surface area (Å²) in [4.78, 5) is 39.6. The summed E-state index contributed by atoms with van der Waals surface area (Å²) in [5.41, 5.74) is 0.703. The minimum atomic E-state index is -0.905. The molecular weight excluding hydrogens is 327 g/mol. The number of amides is 2. The predicted molar refractivity (Wildman–Crippen MR) is 86.9 cm³/mol. The summed E-state index contributed by atoms with van der Waals surface area (Å²) < 4.78 is 13.2. The van der Waals surface area contributed by atoms with E-state index in [1.807, 2.05) is 0 Å². The number of hydrogen-bond acceptors (Lipinski definition) is 3. The van der Waals surface area contributed by atoms with Crippen molar-refractivity contribution in [3.63, 3.8) is 0 Å². The summed E-state index contributed by atoms with van der Waals surface area (Å²) in [7, 11) is 1.64. The molecule has 1 N–H and O–H groups in total. The number of halogens is 1. The highest BCUT2D eigenvalue weighted by molar-refractivity contribution is 5.91. The predicted octanol–water partition coefficient (Wildman–Crippen LogP) is 1.67. The highest BCUT2D eigenvalue weighted by Crippen LogP contribution is 2.39. The lowest BCUT2D eigenvalue weighted by Crippen LogP contribution is -2.42. The van der Waals surface area contributed by atoms with E-state index in [4.69, 9.17) is 0 Å². The minimum absolute atomic E-state index is 0.0817. The molecule has 0 aliphatic carbocycles. The fourth-order valence-corrected chi connectivity index (χ4v) is 4.00. The van der Waals surface area contributed by atoms with Gasteiger partial charge in [0.25, 0.3) is 0 Å². The fraction of sp³-hybridized carbons (Fsp3) is 0.500. The van der Waals surface area contributed by atoms with Crippen molar-refractivity contribution in [1.82, 2.24) is 9.80 Å². The third-order valence-corrected chi connectivity index (χ3v) is 5.47. The van der Waals surface area contributed by atoms with Crippen molar-refractivity contribution in [1.29, 1.82) is 0 Å². The van der Waals surface area contributed by atoms with Crippen molar-refractivity contribution in [2.75, 3.05) is 13.6 Å². The Bertz CT molecular complexity index is 706. The van der Waals surface area contributed by atoms with Crippen molar-refractivity contribution < 1.29 is 23.9 Å². The molecule has 2 saturated heterocycles. The summed E-state index contributed by atoms with van der Waals surface area (Å²) >= 11 is 0. The van der Waals surface area contributed by atoms with E-state index in [9.17, 15) is 23.9 Å². The molecule has 4 atom stereocenters. The van der Waals surface area contributed by atoms with Crippen LogP contribution in [0.5, 0.6) is 0 Å². The standard InChI is InChI=1S/C18H21FN2O4/c1-10-13(18(24)25)7-8-21(10)17(23)14-9-15(22)20(2)16(14)11-3-5-12(19)6-4-11/h3-6,10,13-14,16H,7-9H2,1-2H3,(H,24,25). The number of carbonyl (C=O) groups is 3. The summed E-state index contributed by atoms with van der Waals surface area (Å²) in [6.45, 7) is 2.11. The van der Waals surface area contributed by atoms with Crippen LogP contribution in [0.2, 0.25) is 0 Å². The molecule has 0 spiro atoms. The number of carboxylic acids is 1. The number of carboxylic acid groups (broad SMARTS) is 1. The van der Waals surface area contributed by atoms with Gasteiger partial charge in [-0.2, -0.15) is 0 Å². The van der Waals surface area contributed by atoms with Gasteiger partial charge in [-0.3, -0.25) is 14.4 Å². The van der Waals surface area contributed by atoms with E-state index < -0.39 is 29.9 Å². The van der Waals surface area contributed by atoms with Gasteiger partial charge in [0.2, 0.25) is 11.8 Å². The van der Waals surface area contributed by atoms with Crippen LogP contribution in [0.15, 0.2) is 24.3 Å². The van der Waals surface area contributed by atoms with E-state index in [0.29, 0.717) is 18.5 Å². The summed E-state index contributed by atoms with van der Waals surface area (Å²) in [6, 6.07) is 4.93. The van der Waals surface area contributed by atoms with Crippen LogP contribution in [-0.2, 0) is 14.4 Å². The second-order valence-corrected chi connectivity index (χ2v) is 6.82. The van der Waals surface area contributed by atoms with Crippen LogP contribution in [0.4, 0.5) is 4.39 Å². The largest absolute Gasteiger partial charge is 0.481 e. The first-order valence-electron chi connectivity index (χ1n) is 8.35. The molecule has 134 valence electrons. The minimum Gasteiger partial charge on any atom is -0.481 e. The van der Waals surface area contributed by atoms with Gasteiger partial charge in [0.05, 0.1) is 17.9 Å². The highest BCUT2D eigenvalue weighted by Gasteiger charge is 2.47. The second kappa shape index (κ2) is 6.46. The maximum atomic E-state index is 13.2. The highest BCUT2D eigenvalue weighted by atomic mass is 19.1. The second-order valence-electron chi connectivity index (χ2n) is 6.82. The van der Waals surface area contributed by atoms with Gasteiger partial charge >= 0.3 is 5.97 Å². The van der Waals surface area contributed by atoms with Gasteiger partial charge in [0, 0.05) is 26.1 Å². The summed E-state index contributed by atoms with van der Waals surface area (Å²) in [5.74, 6) is -2.80. The third kappa shape index (κ3) is 2.99. The Morgan fingerprint density at radius 3 is 2.40 bits per heavy atom. The van der Waals surface area contributed by atoms with E-state index >= 15 is 0 Å². The monoisotopic (exact) mass is 348 g/mol. The smallest absolute Gasteiger partial charge is 0.308 e. The molecule has 4 unspecified atom stereocenters. The van der Waals surface area contributed by atoms with Crippen LogP contribution in [-0.4, -0.2) is 52.3 Å². The number of nitrogens with zero attached hydrogens (tertiary/aromatic N) is 2. The van der Waals surface area contributed by atoms with Crippen molar-refractivity contribution in [3.05, 3.63) is 35.6 Å². The maximum Gasteiger partial charge on any atom is 0.308 e. The van der Waals surface area contributed by atoms with Crippen LogP contribution < -0.4 is 0 Å². The third-order valence-electron chi connectivity index (χ3n) is 5.47. The molecule has 1 aromatic rings. The zero-order chi connectivity index (χ0) is 18.3. The average Bonchev–Trinajstić information content (AvgIpc) is 3.09. The topological polar surface area (TPSA) is 77.9 Å². The maximum absolute atomic E-state index is 13.2. The molecular formula is C18H21FN2O4. The van der Waals surface area contributed by atoms with Gasteiger partial charge < -0.3 is 14.9 Å². The number of rotatable bonds is 3. The van der Waals surface area contributed by atoms with E-state index in [-0.39, 0.29) is 24.1 Å². The number of aliphatic carboxylic acids is 1. The molecule has 2 fully saturated rings. The fourth-order valence-electron chi connectivity index (χ4n) is 4.00. The zero-order valence-electron chi connectivity index (χ0n) is 14.2. The van der Waals surface area contributed by atoms with Crippen LogP contribution in [0.25, 0.3) is 0 Å². The Balaban J connectivity index is 1.86. The lowest BCUT2D eigenvalue weighted by molar-refractivity contribution is -0.144. The van der Waals surface area contributed by atoms with E-state index in [2.05, 4.69) is 0 Å². The Morgan fingerprint density at radius 1 is 1.20 bits per heavy atom. The number of carbonyl (C=O) groups excluding carboxylic acids is 2. The lowest BCUT2D eigenvalue weighted by atomic mass is 9.92. The number of benzene rings is 1. The molecule has 3 rings (SSSR count). The van der Waals surface area contributed by atoms with Crippen LogP contribution in [0.3, 0.4) is 0 Å². The molecule has 25 heavy (non-hydrogen) atoms. The molecule has 0 radical (unpaired) electrons. The molecule has 6 nitrogen and oxygen atoms in total. The lowest BCUT2D eigenvalue weighted by Gasteiger charge is -2.30. The molecule has 2 aliphatic heterocycles. The zero-order valence-corrected chi connectivity index (χ0v) is 14.2. The Labute approximate surface area is 145 Å². The quantitative estimate of drug-likeness (QED) is 0.901. The van der Waals surface area contributed by atoms with Gasteiger partial charge in [-0.1, -0.05) is 12.1 Å². The van der Waals surface area contributed by atoms with Crippen LogP contribution in [0, 0.1) is 17.7 Å². The number of hydrogen-bond donors (Lipinski definition) is 1. The molecule has 1 aromatic carbocycles. The summed E-state index contributed by atoms with van der Waals surface area (Å²) in [6.07, 6.45) is 0.498. The van der Waals surface area contributed by atoms with Crippen molar-refractivity contribution in [3.8, 4) is 0 Å². The van der Waals surface area contributed by atoms with Crippen molar-refractivity contribution in [2.24, 2.45) is 11.8 Å². The Kier molecular flexibility index (Phi) is 4.49. The van der Waals surface area contributed by atoms with E-state index in [0.717, 1.165) is 0 Å². The molecule has 0 saturated carbocycles. The first-order valence-corrected chi connectivity index (χ1v) is 8.35. The van der Waals surface area contributed by atoms with Crippen LogP contribution >= 0.6 is 0 Å². The normalized spacial score (nSPS) is 29.3. The molecule has 2 aliphatic rings. The van der Waals surface area contributed by atoms with Gasteiger partial charge in [-0.25, -0.2) is 4.39 Å². The molecule has 7 heteroatoms. The van der Waals surface area contributed by atoms with E-state index in [1.165, 1.54) is 17.0 Å². The first-order chi connectivity index (χ1) is 11.8. The van der Waals surface area contributed by atoms with Gasteiger partial charge in [0.15, 0.2) is 0 Å². The molecule has 0 bridgehead atoms. The summed E-state index contributed by atoms with van der Waals surface area (Å²) in [5, 5.41) is 9.25. The number of likely N-dealkylation sites (tertiary alicyclic amines) is 2. The van der Waals surface area contributed by atoms with Gasteiger partial charge in [-0.05, 0) is 31.0 Å². The molecule has 0 aromatic heterocycles. The molecule has 2 amide bonds. The average molecular weight is 348 g/mol.